The Labute approximate surface area is 421 Å². The maximum atomic E-state index is 15.3. The van der Waals surface area contributed by atoms with Crippen molar-refractivity contribution < 1.29 is 136 Å². The quantitative estimate of drug-likeness (QED) is 0.0448. The molecule has 27 heteroatoms. The summed E-state index contributed by atoms with van der Waals surface area (Å²) in [6.07, 6.45) is -34.3. The molecule has 2 aliphatic heterocycles. The molecular formula is C48H54O27. The van der Waals surface area contributed by atoms with Crippen LogP contribution in [0, 0.1) is 5.92 Å². The van der Waals surface area contributed by atoms with Gasteiger partial charge in [-0.15, -0.1) is 0 Å². The lowest BCUT2D eigenvalue weighted by molar-refractivity contribution is -0.261. The van der Waals surface area contributed by atoms with Crippen LogP contribution in [0.2, 0.25) is 0 Å². The number of carbonyl (C=O) groups is 4. The van der Waals surface area contributed by atoms with Gasteiger partial charge >= 0.3 is 0 Å². The lowest BCUT2D eigenvalue weighted by atomic mass is 9.62. The molecule has 0 bridgehead atoms. The maximum absolute atomic E-state index is 15.3. The SMILES string of the molecule is O=C1C(=C(O)C=Cc2ccc(O)cc2)C(O)=C(C(C2=C(O)C(=C(O)C=Cc3ccc(O)cc3)C(=O)C(O)(C3OC(CO)C(O)C(O)C3O)C2=O)C(O)C(O)C(O)C(O)CO)C(=O)C1(O)C1OC(CO)C(O)C(O)C1O. The van der Waals surface area contributed by atoms with E-state index in [4.69, 9.17) is 9.47 Å². The van der Waals surface area contributed by atoms with Crippen LogP contribution in [0.1, 0.15) is 11.1 Å². The number of hydrogen-bond donors (Lipinski definition) is 21. The van der Waals surface area contributed by atoms with Gasteiger partial charge in [0, 0.05) is 0 Å². The predicted molar refractivity (Wildman–Crippen MR) is 245 cm³/mol. The predicted octanol–water partition coefficient (Wildman–Crippen LogP) is -6.42. The van der Waals surface area contributed by atoms with E-state index in [2.05, 4.69) is 0 Å². The minimum atomic E-state index is -4.30. The largest absolute Gasteiger partial charge is 0.508 e. The zero-order valence-corrected chi connectivity index (χ0v) is 38.6. The molecule has 2 aliphatic carbocycles. The summed E-state index contributed by atoms with van der Waals surface area (Å²) in [7, 11) is 0. The molecule has 0 spiro atoms. The number of carbonyl (C=O) groups excluding carboxylic acids is 4. The van der Waals surface area contributed by atoms with Crippen LogP contribution in [0.5, 0.6) is 11.5 Å². The Morgan fingerprint density at radius 1 is 0.507 bits per heavy atom. The number of rotatable bonds is 15. The number of phenols is 2. The maximum Gasteiger partial charge on any atom is 0.219 e. The molecule has 21 N–H and O–H groups in total. The van der Waals surface area contributed by atoms with Crippen LogP contribution in [0.4, 0.5) is 0 Å². The van der Waals surface area contributed by atoms with Crippen molar-refractivity contribution >= 4 is 35.3 Å². The fourth-order valence-corrected chi connectivity index (χ4v) is 9.07. The van der Waals surface area contributed by atoms with Gasteiger partial charge < -0.3 is 117 Å². The first-order chi connectivity index (χ1) is 35.2. The highest BCUT2D eigenvalue weighted by Gasteiger charge is 2.68. The van der Waals surface area contributed by atoms with Crippen molar-refractivity contribution in [2.45, 2.75) is 96.7 Å². The summed E-state index contributed by atoms with van der Waals surface area (Å²) in [6.45, 7) is -4.07. The second kappa shape index (κ2) is 22.5. The lowest BCUT2D eigenvalue weighted by Gasteiger charge is -2.48. The smallest absolute Gasteiger partial charge is 0.219 e. The number of aliphatic hydroxyl groups is 19. The molecule has 0 saturated carbocycles. The Morgan fingerprint density at radius 2 is 0.853 bits per heavy atom. The molecule has 6 rings (SSSR count). The van der Waals surface area contributed by atoms with Crippen LogP contribution in [0.15, 0.2) is 106 Å². The van der Waals surface area contributed by atoms with Crippen molar-refractivity contribution in [3.63, 3.8) is 0 Å². The Morgan fingerprint density at radius 3 is 1.17 bits per heavy atom. The van der Waals surface area contributed by atoms with Gasteiger partial charge in [0.25, 0.3) is 0 Å². The Balaban J connectivity index is 1.77. The summed E-state index contributed by atoms with van der Waals surface area (Å²) in [5, 5.41) is 233. The summed E-state index contributed by atoms with van der Waals surface area (Å²) >= 11 is 0. The third kappa shape index (κ3) is 10.1. The van der Waals surface area contributed by atoms with Gasteiger partial charge in [-0.3, -0.25) is 19.2 Å². The number of Topliss-reactive ketones (excluding diaryl/α,β-unsaturated/α-hetero) is 4. The molecule has 2 saturated heterocycles. The van der Waals surface area contributed by atoms with Crippen molar-refractivity contribution in [3.05, 3.63) is 117 Å². The number of ketones is 4. The van der Waals surface area contributed by atoms with Crippen LogP contribution < -0.4 is 0 Å². The Bertz CT molecular complexity index is 2530. The van der Waals surface area contributed by atoms with Crippen LogP contribution >= 0.6 is 0 Å². The number of aliphatic hydroxyl groups excluding tert-OH is 17. The van der Waals surface area contributed by atoms with Crippen LogP contribution in [-0.4, -0.2) is 247 Å². The summed E-state index contributed by atoms with van der Waals surface area (Å²) in [4.78, 5) is 60.1. The van der Waals surface area contributed by atoms with E-state index in [1.54, 1.807) is 0 Å². The van der Waals surface area contributed by atoms with Gasteiger partial charge in [0.15, 0.2) is 0 Å². The van der Waals surface area contributed by atoms with E-state index < -0.39 is 191 Å². The molecule has 16 unspecified atom stereocenters. The molecule has 408 valence electrons. The van der Waals surface area contributed by atoms with Crippen molar-refractivity contribution in [1.29, 1.82) is 0 Å². The standard InChI is InChI=1S/C48H54O27/c49-13-22(56)30(57)36(63)35(62)27(28-33(60)25(20(54)11-5-16-1-7-18(52)8-2-16)41(68)47(72,43(28)70)45-39(66)37(64)31(58)23(14-50)74-45)29-34(61)26(21(55)12-6-17-3-9-19(53)10-4-17)42(69)48(73,44(29)71)46-40(67)38(65)32(59)24(15-51)75-46/h1-12,22-24,27,30-32,35-40,45-46,49-67,72-73H,13-15H2. The highest BCUT2D eigenvalue weighted by atomic mass is 16.6. The van der Waals surface area contributed by atoms with Crippen LogP contribution in [-0.2, 0) is 28.7 Å². The Kier molecular flexibility index (Phi) is 17.4. The number of aromatic hydroxyl groups is 2. The topological polar surface area (TPSA) is 512 Å². The monoisotopic (exact) mass is 1060 g/mol. The van der Waals surface area contributed by atoms with E-state index in [1.807, 2.05) is 0 Å². The van der Waals surface area contributed by atoms with E-state index >= 15 is 9.59 Å². The van der Waals surface area contributed by atoms with Gasteiger partial charge in [-0.1, -0.05) is 36.4 Å². The minimum Gasteiger partial charge on any atom is -0.508 e. The van der Waals surface area contributed by atoms with Crippen molar-refractivity contribution in [2.75, 3.05) is 19.8 Å². The molecule has 0 amide bonds. The van der Waals surface area contributed by atoms with E-state index in [0.29, 0.717) is 12.2 Å². The molecule has 2 heterocycles. The fraction of sp³-hybridized carbons (Fsp3) is 0.417. The van der Waals surface area contributed by atoms with Crippen LogP contribution in [0.3, 0.4) is 0 Å². The molecule has 0 aromatic heterocycles. The minimum absolute atomic E-state index is 0.0960. The molecule has 27 nitrogen and oxygen atoms in total. The lowest BCUT2D eigenvalue weighted by Crippen LogP contribution is -2.72. The molecule has 75 heavy (non-hydrogen) atoms. The molecule has 2 fully saturated rings. The highest BCUT2D eigenvalue weighted by molar-refractivity contribution is 6.31. The molecular weight excluding hydrogens is 1010 g/mol. The number of allylic oxidation sites excluding steroid dienone is 4. The van der Waals surface area contributed by atoms with Crippen LogP contribution in [0.25, 0.3) is 12.2 Å². The van der Waals surface area contributed by atoms with E-state index in [1.165, 1.54) is 24.3 Å². The second-order valence-corrected chi connectivity index (χ2v) is 17.9. The number of phenolic OH excluding ortho intramolecular Hbond substituents is 2. The first-order valence-electron chi connectivity index (χ1n) is 22.4. The second-order valence-electron chi connectivity index (χ2n) is 17.9. The van der Waals surface area contributed by atoms with Crippen molar-refractivity contribution in [1.82, 2.24) is 0 Å². The average molecular weight is 1060 g/mol. The first kappa shape index (κ1) is 57.9. The van der Waals surface area contributed by atoms with Crippen molar-refractivity contribution in [3.8, 4) is 11.5 Å². The van der Waals surface area contributed by atoms with Crippen molar-refractivity contribution in [2.24, 2.45) is 5.92 Å². The molecule has 2 aromatic rings. The third-order valence-corrected chi connectivity index (χ3v) is 13.3. The number of hydrogen-bond acceptors (Lipinski definition) is 27. The summed E-state index contributed by atoms with van der Waals surface area (Å²) in [6, 6.07) is 9.47. The normalized spacial score (nSPS) is 34.5. The van der Waals surface area contributed by atoms with E-state index in [-0.39, 0.29) is 22.6 Å². The summed E-state index contributed by atoms with van der Waals surface area (Å²) in [5.41, 5.74) is -15.7. The molecule has 0 radical (unpaired) electrons. The Hall–Kier alpha value is -6.32. The van der Waals surface area contributed by atoms with Gasteiger partial charge in [-0.25, -0.2) is 0 Å². The number of ether oxygens (including phenoxy) is 2. The highest BCUT2D eigenvalue weighted by Crippen LogP contribution is 2.48. The zero-order valence-electron chi connectivity index (χ0n) is 38.6. The average Bonchev–Trinajstić information content (AvgIpc) is 3.39. The van der Waals surface area contributed by atoms with E-state index in [9.17, 15) is 117 Å². The van der Waals surface area contributed by atoms with Gasteiger partial charge in [0.2, 0.25) is 34.3 Å². The fourth-order valence-electron chi connectivity index (χ4n) is 9.07. The third-order valence-electron chi connectivity index (χ3n) is 13.3. The van der Waals surface area contributed by atoms with E-state index in [0.717, 1.165) is 36.4 Å². The molecule has 16 atom stereocenters. The summed E-state index contributed by atoms with van der Waals surface area (Å²) in [5.74, 6) is -20.2. The van der Waals surface area contributed by atoms with Gasteiger partial charge in [0.1, 0.15) is 125 Å². The van der Waals surface area contributed by atoms with Gasteiger partial charge in [0.05, 0.1) is 43.0 Å². The van der Waals surface area contributed by atoms with Gasteiger partial charge in [-0.05, 0) is 47.5 Å². The zero-order chi connectivity index (χ0) is 55.9. The first-order valence-corrected chi connectivity index (χ1v) is 22.4. The molecule has 4 aliphatic rings. The number of benzene rings is 2. The van der Waals surface area contributed by atoms with Gasteiger partial charge in [-0.2, -0.15) is 0 Å². The molecule has 2 aromatic carbocycles. The summed E-state index contributed by atoms with van der Waals surface area (Å²) < 4.78 is 10.7.